The highest BCUT2D eigenvalue weighted by atomic mass is 35.5. The van der Waals surface area contributed by atoms with Crippen molar-refractivity contribution in [1.82, 2.24) is 0 Å². The number of amides is 3. The van der Waals surface area contributed by atoms with E-state index in [1.165, 1.54) is 42.5 Å². The quantitative estimate of drug-likeness (QED) is 0.344. The summed E-state index contributed by atoms with van der Waals surface area (Å²) in [6, 6.07) is 13.3. The van der Waals surface area contributed by atoms with E-state index in [0.717, 1.165) is 21.1 Å². The summed E-state index contributed by atoms with van der Waals surface area (Å²) in [5.41, 5.74) is 0.530. The van der Waals surface area contributed by atoms with Crippen LogP contribution in [0.4, 0.5) is 17.1 Å². The molecule has 2 N–H and O–H groups in total. The van der Waals surface area contributed by atoms with Crippen molar-refractivity contribution in [2.45, 2.75) is 0 Å². The number of nitrogens with zero attached hydrogens (tertiary/aromatic N) is 3. The first-order valence-corrected chi connectivity index (χ1v) is 13.5. The number of benzene rings is 2. The Hall–Kier alpha value is -3.78. The molecule has 0 unspecified atom stereocenters. The molecule has 0 radical (unpaired) electrons. The smallest absolute Gasteiger partial charge is 0.289 e. The molecule has 0 aliphatic carbocycles. The molecule has 190 valence electrons. The van der Waals surface area contributed by atoms with Gasteiger partial charge in [-0.1, -0.05) is 17.7 Å². The number of carbonyl (C=O) groups excluding carboxylic acids is 3. The molecular weight excluding hydrogens is 544 g/mol. The average molecular weight is 561 g/mol. The van der Waals surface area contributed by atoms with Gasteiger partial charge >= 0.3 is 0 Å². The first kappa shape index (κ1) is 24.9. The molecule has 3 amide bonds. The van der Waals surface area contributed by atoms with Crippen LogP contribution in [0.5, 0.6) is 0 Å². The molecule has 11 nitrogen and oxygen atoms in total. The minimum atomic E-state index is -4.71. The second-order valence-corrected chi connectivity index (χ2v) is 11.2. The molecule has 5 rings (SSSR count). The molecule has 2 aromatic carbocycles. The Labute approximate surface area is 219 Å². The zero-order valence-electron chi connectivity index (χ0n) is 18.8. The van der Waals surface area contributed by atoms with Crippen LogP contribution < -0.4 is 14.7 Å². The monoisotopic (exact) mass is 560 g/mol. The molecular formula is C23H17ClN4O7S2. The summed E-state index contributed by atoms with van der Waals surface area (Å²) in [4.78, 5) is 43.4. The topological polar surface area (TPSA) is 148 Å². The number of halogens is 1. The third kappa shape index (κ3) is 4.57. The summed E-state index contributed by atoms with van der Waals surface area (Å²) in [6.07, 6.45) is 0. The zero-order valence-corrected chi connectivity index (χ0v) is 21.1. The number of hydrogen-bond acceptors (Lipinski definition) is 8. The number of rotatable bonds is 6. The van der Waals surface area contributed by atoms with Crippen molar-refractivity contribution in [3.63, 3.8) is 0 Å². The maximum absolute atomic E-state index is 13.5. The first-order valence-electron chi connectivity index (χ1n) is 10.7. The molecule has 1 saturated heterocycles. The highest BCUT2D eigenvalue weighted by Gasteiger charge is 2.41. The van der Waals surface area contributed by atoms with E-state index in [0.29, 0.717) is 18.8 Å². The lowest BCUT2D eigenvalue weighted by Gasteiger charge is -2.22. The van der Waals surface area contributed by atoms with Gasteiger partial charge in [-0.05, 0) is 48.5 Å². The van der Waals surface area contributed by atoms with E-state index in [-0.39, 0.29) is 37.7 Å². The standard InChI is InChI=1S/C23H17ClN4O7S2/c24-18-9-8-17(36-18)21(30)27(12-37(32,33)34)16-3-1-2-15-19(16)22(31)28(20(15)29)14-6-4-13(5-7-14)26-10-11-35-23(26)25/h1-9,25H,10-12H2,(H,32,33,34). The number of imide groups is 1. The lowest BCUT2D eigenvalue weighted by molar-refractivity contribution is 0.0926. The highest BCUT2D eigenvalue weighted by molar-refractivity contribution is 7.85. The average Bonchev–Trinajstić information content (AvgIpc) is 3.55. The van der Waals surface area contributed by atoms with Gasteiger partial charge in [-0.2, -0.15) is 8.42 Å². The molecule has 3 aromatic rings. The SMILES string of the molecule is N=C1OCCN1c1ccc(N2C(=O)c3cccc(N(CS(=O)(=O)O)C(=O)c4ccc(Cl)s4)c3C2=O)cc1. The van der Waals surface area contributed by atoms with Crippen molar-refractivity contribution in [2.75, 3.05) is 33.7 Å². The summed E-state index contributed by atoms with van der Waals surface area (Å²) in [5.74, 6) is -3.39. The Kier molecular flexibility index (Phi) is 6.23. The van der Waals surface area contributed by atoms with Gasteiger partial charge in [-0.3, -0.25) is 34.1 Å². The Morgan fingerprint density at radius 3 is 2.38 bits per heavy atom. The summed E-state index contributed by atoms with van der Waals surface area (Å²) in [7, 11) is -4.71. The second kappa shape index (κ2) is 9.27. The molecule has 1 fully saturated rings. The number of ether oxygens (including phenoxy) is 1. The normalized spacial score (nSPS) is 15.2. The van der Waals surface area contributed by atoms with Crippen molar-refractivity contribution < 1.29 is 32.1 Å². The van der Waals surface area contributed by atoms with E-state index < -0.39 is 33.7 Å². The Morgan fingerprint density at radius 1 is 1.08 bits per heavy atom. The number of amidine groups is 1. The fraction of sp³-hybridized carbons (Fsp3) is 0.130. The van der Waals surface area contributed by atoms with Crippen molar-refractivity contribution in [3.8, 4) is 0 Å². The van der Waals surface area contributed by atoms with Crippen LogP contribution in [-0.2, 0) is 14.9 Å². The molecule has 0 saturated carbocycles. The van der Waals surface area contributed by atoms with Gasteiger partial charge in [0.1, 0.15) is 6.61 Å². The summed E-state index contributed by atoms with van der Waals surface area (Å²) in [5, 5.41) is 7.83. The van der Waals surface area contributed by atoms with E-state index in [4.69, 9.17) is 21.7 Å². The number of anilines is 3. The predicted octanol–water partition coefficient (Wildman–Crippen LogP) is 3.47. The lowest BCUT2D eigenvalue weighted by Crippen LogP contribution is -2.36. The van der Waals surface area contributed by atoms with Crippen LogP contribution in [-0.4, -0.2) is 55.7 Å². The van der Waals surface area contributed by atoms with E-state index in [1.807, 2.05) is 0 Å². The third-order valence-electron chi connectivity index (χ3n) is 5.72. The second-order valence-electron chi connectivity index (χ2n) is 8.02. The predicted molar refractivity (Wildman–Crippen MR) is 138 cm³/mol. The first-order chi connectivity index (χ1) is 17.5. The van der Waals surface area contributed by atoms with Crippen LogP contribution in [0.3, 0.4) is 0 Å². The number of thiophene rings is 1. The third-order valence-corrected chi connectivity index (χ3v) is 7.53. The Balaban J connectivity index is 1.53. The van der Waals surface area contributed by atoms with Crippen molar-refractivity contribution >= 4 is 73.9 Å². The van der Waals surface area contributed by atoms with Crippen LogP contribution in [0, 0.1) is 5.41 Å². The maximum Gasteiger partial charge on any atom is 0.289 e. The molecule has 37 heavy (non-hydrogen) atoms. The zero-order chi connectivity index (χ0) is 26.5. The summed E-state index contributed by atoms with van der Waals surface area (Å²) >= 11 is 6.82. The van der Waals surface area contributed by atoms with Gasteiger partial charge in [0.2, 0.25) is 0 Å². The fourth-order valence-corrected chi connectivity index (χ4v) is 5.71. The maximum atomic E-state index is 13.5. The van der Waals surface area contributed by atoms with E-state index >= 15 is 0 Å². The van der Waals surface area contributed by atoms with Gasteiger partial charge in [-0.25, -0.2) is 4.90 Å². The number of hydrogen-bond donors (Lipinski definition) is 2. The van der Waals surface area contributed by atoms with Gasteiger partial charge < -0.3 is 4.74 Å². The molecule has 0 atom stereocenters. The van der Waals surface area contributed by atoms with Crippen molar-refractivity contribution in [3.05, 3.63) is 74.9 Å². The van der Waals surface area contributed by atoms with Crippen LogP contribution in [0.15, 0.2) is 54.6 Å². The van der Waals surface area contributed by atoms with Gasteiger partial charge in [0.05, 0.1) is 38.3 Å². The molecule has 3 heterocycles. The number of carbonyl (C=O) groups is 3. The van der Waals surface area contributed by atoms with Gasteiger partial charge in [0, 0.05) is 5.69 Å². The van der Waals surface area contributed by atoms with E-state index in [1.54, 1.807) is 17.0 Å². The molecule has 2 aliphatic heterocycles. The van der Waals surface area contributed by atoms with E-state index in [9.17, 15) is 27.4 Å². The summed E-state index contributed by atoms with van der Waals surface area (Å²) < 4.78 is 38.6. The molecule has 1 aromatic heterocycles. The minimum Gasteiger partial charge on any atom is -0.463 e. The molecule has 0 spiro atoms. The lowest BCUT2D eigenvalue weighted by atomic mass is 10.1. The van der Waals surface area contributed by atoms with Crippen LogP contribution >= 0.6 is 22.9 Å². The number of nitrogens with one attached hydrogen (secondary N) is 1. The van der Waals surface area contributed by atoms with E-state index in [2.05, 4.69) is 0 Å². The van der Waals surface area contributed by atoms with Crippen molar-refractivity contribution in [1.29, 1.82) is 5.41 Å². The van der Waals surface area contributed by atoms with Gasteiger partial charge in [0.25, 0.3) is 33.9 Å². The highest BCUT2D eigenvalue weighted by Crippen LogP contribution is 2.36. The molecule has 0 bridgehead atoms. The Morgan fingerprint density at radius 2 is 1.78 bits per heavy atom. The van der Waals surface area contributed by atoms with Crippen LogP contribution in [0.1, 0.15) is 30.4 Å². The molecule has 14 heteroatoms. The fourth-order valence-electron chi connectivity index (χ4n) is 4.13. The van der Waals surface area contributed by atoms with Crippen LogP contribution in [0.2, 0.25) is 4.34 Å². The largest absolute Gasteiger partial charge is 0.463 e. The Bertz CT molecular complexity index is 1570. The van der Waals surface area contributed by atoms with Gasteiger partial charge in [0.15, 0.2) is 5.88 Å². The van der Waals surface area contributed by atoms with Gasteiger partial charge in [-0.15, -0.1) is 11.3 Å². The number of fused-ring (bicyclic) bond motifs is 1. The molecule has 2 aliphatic rings. The van der Waals surface area contributed by atoms with Crippen LogP contribution in [0.25, 0.3) is 0 Å². The summed E-state index contributed by atoms with van der Waals surface area (Å²) in [6.45, 7) is 0.861. The minimum absolute atomic E-state index is 0.00579. The van der Waals surface area contributed by atoms with Crippen molar-refractivity contribution in [2.24, 2.45) is 0 Å².